The first kappa shape index (κ1) is 17.9. The van der Waals surface area contributed by atoms with Crippen molar-refractivity contribution in [2.24, 2.45) is 23.0 Å². The summed E-state index contributed by atoms with van der Waals surface area (Å²) >= 11 is 0. The van der Waals surface area contributed by atoms with E-state index in [-0.39, 0.29) is 6.61 Å². The van der Waals surface area contributed by atoms with Gasteiger partial charge in [0.25, 0.3) is 0 Å². The van der Waals surface area contributed by atoms with E-state index in [2.05, 4.69) is 32.6 Å². The highest BCUT2D eigenvalue weighted by molar-refractivity contribution is 4.92. The van der Waals surface area contributed by atoms with Crippen LogP contribution in [0.4, 0.5) is 0 Å². The van der Waals surface area contributed by atoms with Gasteiger partial charge in [0.2, 0.25) is 0 Å². The first-order chi connectivity index (χ1) is 9.50. The highest BCUT2D eigenvalue weighted by atomic mass is 16.3. The lowest BCUT2D eigenvalue weighted by atomic mass is 9.65. The molecule has 0 aromatic carbocycles. The topological polar surface area (TPSA) is 49.5 Å². The van der Waals surface area contributed by atoms with Crippen LogP contribution in [0.2, 0.25) is 0 Å². The maximum atomic E-state index is 9.35. The fraction of sp³-hybridized carbons (Fsp3) is 1.00. The number of nitrogens with zero attached hydrogens (tertiary/aromatic N) is 1. The molecule has 0 aliphatic heterocycles. The average molecular weight is 284 g/mol. The fourth-order valence-corrected chi connectivity index (χ4v) is 3.79. The molecule has 3 unspecified atom stereocenters. The fourth-order valence-electron chi connectivity index (χ4n) is 3.79. The summed E-state index contributed by atoms with van der Waals surface area (Å²) in [7, 11) is 0. The van der Waals surface area contributed by atoms with Crippen LogP contribution in [-0.4, -0.2) is 42.3 Å². The normalized spacial score (nSPS) is 28.1. The van der Waals surface area contributed by atoms with E-state index in [0.717, 1.165) is 32.0 Å². The lowest BCUT2D eigenvalue weighted by Gasteiger charge is -2.47. The Morgan fingerprint density at radius 2 is 1.90 bits per heavy atom. The summed E-state index contributed by atoms with van der Waals surface area (Å²) in [5.74, 6) is 1.40. The molecule has 0 heterocycles. The van der Waals surface area contributed by atoms with Crippen LogP contribution in [0.3, 0.4) is 0 Å². The molecule has 1 fully saturated rings. The Morgan fingerprint density at radius 3 is 2.40 bits per heavy atom. The molecule has 0 radical (unpaired) electrons. The maximum Gasteiger partial charge on any atom is 0.0558 e. The highest BCUT2D eigenvalue weighted by Crippen LogP contribution is 2.43. The van der Waals surface area contributed by atoms with E-state index >= 15 is 0 Å². The first-order valence-corrected chi connectivity index (χ1v) is 8.55. The van der Waals surface area contributed by atoms with E-state index in [1.165, 1.54) is 25.7 Å². The highest BCUT2D eigenvalue weighted by Gasteiger charge is 2.38. The molecule has 3 atom stereocenters. The Balaban J connectivity index is 2.80. The van der Waals surface area contributed by atoms with Gasteiger partial charge < -0.3 is 10.8 Å². The van der Waals surface area contributed by atoms with Crippen molar-refractivity contribution < 1.29 is 5.11 Å². The molecule has 20 heavy (non-hydrogen) atoms. The summed E-state index contributed by atoms with van der Waals surface area (Å²) < 4.78 is 0. The van der Waals surface area contributed by atoms with Crippen LogP contribution in [-0.2, 0) is 0 Å². The zero-order valence-electron chi connectivity index (χ0n) is 14.1. The molecule has 0 spiro atoms. The number of aliphatic hydroxyl groups excluding tert-OH is 1. The van der Waals surface area contributed by atoms with Crippen LogP contribution in [0.1, 0.15) is 59.8 Å². The van der Waals surface area contributed by atoms with Crippen molar-refractivity contribution in [2.75, 3.05) is 26.2 Å². The minimum Gasteiger partial charge on any atom is -0.395 e. The zero-order chi connectivity index (χ0) is 15.2. The van der Waals surface area contributed by atoms with Gasteiger partial charge in [0.15, 0.2) is 0 Å². The second-order valence-corrected chi connectivity index (χ2v) is 7.17. The number of hydrogen-bond donors (Lipinski definition) is 2. The van der Waals surface area contributed by atoms with Crippen molar-refractivity contribution in [1.82, 2.24) is 4.90 Å². The third-order valence-corrected chi connectivity index (χ3v) is 5.64. The van der Waals surface area contributed by atoms with E-state index < -0.39 is 0 Å². The van der Waals surface area contributed by atoms with E-state index in [1.54, 1.807) is 0 Å². The Labute approximate surface area is 125 Å². The molecule has 1 aliphatic rings. The zero-order valence-corrected chi connectivity index (χ0v) is 14.1. The molecule has 0 bridgehead atoms. The van der Waals surface area contributed by atoms with Crippen molar-refractivity contribution in [3.63, 3.8) is 0 Å². The van der Waals surface area contributed by atoms with E-state index in [9.17, 15) is 5.11 Å². The van der Waals surface area contributed by atoms with Crippen molar-refractivity contribution in [3.05, 3.63) is 0 Å². The van der Waals surface area contributed by atoms with Gasteiger partial charge in [-0.2, -0.15) is 0 Å². The third kappa shape index (κ3) is 4.44. The van der Waals surface area contributed by atoms with Crippen LogP contribution in [0, 0.1) is 17.3 Å². The van der Waals surface area contributed by atoms with E-state index in [1.807, 2.05) is 0 Å². The Hall–Kier alpha value is -0.120. The SMILES string of the molecule is CCCN(CCO)C1CC(C(C)(C)CC)CCC1CN. The summed E-state index contributed by atoms with van der Waals surface area (Å²) in [6.07, 6.45) is 6.21. The summed E-state index contributed by atoms with van der Waals surface area (Å²) in [5.41, 5.74) is 6.45. The van der Waals surface area contributed by atoms with Crippen LogP contribution in [0.25, 0.3) is 0 Å². The van der Waals surface area contributed by atoms with Gasteiger partial charge in [0, 0.05) is 12.6 Å². The number of hydrogen-bond acceptors (Lipinski definition) is 3. The number of rotatable bonds is 8. The monoisotopic (exact) mass is 284 g/mol. The Kier molecular flexibility index (Phi) is 7.49. The minimum atomic E-state index is 0.260. The van der Waals surface area contributed by atoms with Gasteiger partial charge in [-0.3, -0.25) is 4.90 Å². The second-order valence-electron chi connectivity index (χ2n) is 7.17. The molecule has 1 aliphatic carbocycles. The predicted molar refractivity (Wildman–Crippen MR) is 86.7 cm³/mol. The van der Waals surface area contributed by atoms with Gasteiger partial charge in [0.1, 0.15) is 0 Å². The van der Waals surface area contributed by atoms with Gasteiger partial charge in [-0.05, 0) is 56.0 Å². The molecule has 120 valence electrons. The molecule has 0 aromatic rings. The molecular weight excluding hydrogens is 248 g/mol. The number of aliphatic hydroxyl groups is 1. The summed E-state index contributed by atoms with van der Waals surface area (Å²) in [6, 6.07) is 0.566. The van der Waals surface area contributed by atoms with Crippen molar-refractivity contribution in [2.45, 2.75) is 65.8 Å². The summed E-state index contributed by atoms with van der Waals surface area (Å²) in [5, 5.41) is 9.35. The molecular formula is C17H36N2O. The molecule has 1 saturated carbocycles. The average Bonchev–Trinajstić information content (AvgIpc) is 2.46. The lowest BCUT2D eigenvalue weighted by Crippen LogP contribution is -2.49. The van der Waals surface area contributed by atoms with Gasteiger partial charge >= 0.3 is 0 Å². The van der Waals surface area contributed by atoms with E-state index in [4.69, 9.17) is 5.73 Å². The van der Waals surface area contributed by atoms with Gasteiger partial charge in [-0.1, -0.05) is 34.1 Å². The molecule has 1 rings (SSSR count). The quantitative estimate of drug-likeness (QED) is 0.720. The van der Waals surface area contributed by atoms with Crippen LogP contribution in [0.15, 0.2) is 0 Å². The maximum absolute atomic E-state index is 9.35. The Morgan fingerprint density at radius 1 is 1.20 bits per heavy atom. The first-order valence-electron chi connectivity index (χ1n) is 8.55. The predicted octanol–water partition coefficient (Wildman–Crippen LogP) is 2.87. The molecule has 0 saturated heterocycles. The van der Waals surface area contributed by atoms with Gasteiger partial charge in [-0.25, -0.2) is 0 Å². The van der Waals surface area contributed by atoms with Crippen molar-refractivity contribution in [3.8, 4) is 0 Å². The van der Waals surface area contributed by atoms with Gasteiger partial charge in [0.05, 0.1) is 6.61 Å². The van der Waals surface area contributed by atoms with Crippen LogP contribution in [0.5, 0.6) is 0 Å². The van der Waals surface area contributed by atoms with Crippen LogP contribution < -0.4 is 5.73 Å². The summed E-state index contributed by atoms with van der Waals surface area (Å²) in [6.45, 7) is 12.3. The lowest BCUT2D eigenvalue weighted by molar-refractivity contribution is 0.0294. The smallest absolute Gasteiger partial charge is 0.0558 e. The standard InChI is InChI=1S/C17H36N2O/c1-5-9-19(10-11-20)16-12-15(17(3,4)6-2)8-7-14(16)13-18/h14-16,20H,5-13,18H2,1-4H3. The second kappa shape index (κ2) is 8.35. The van der Waals surface area contributed by atoms with Crippen molar-refractivity contribution >= 4 is 0 Å². The molecule has 3 heteroatoms. The number of nitrogens with two attached hydrogens (primary N) is 1. The largest absolute Gasteiger partial charge is 0.395 e. The summed E-state index contributed by atoms with van der Waals surface area (Å²) in [4.78, 5) is 2.50. The van der Waals surface area contributed by atoms with E-state index in [0.29, 0.717) is 17.4 Å². The third-order valence-electron chi connectivity index (χ3n) is 5.64. The minimum absolute atomic E-state index is 0.260. The van der Waals surface area contributed by atoms with Crippen LogP contribution >= 0.6 is 0 Å². The molecule has 0 amide bonds. The Bertz CT molecular complexity index is 262. The molecule has 3 N–H and O–H groups in total. The van der Waals surface area contributed by atoms with Crippen molar-refractivity contribution in [1.29, 1.82) is 0 Å². The molecule has 3 nitrogen and oxygen atoms in total. The molecule has 0 aromatic heterocycles. The van der Waals surface area contributed by atoms with Gasteiger partial charge in [-0.15, -0.1) is 0 Å².